The van der Waals surface area contributed by atoms with E-state index in [1.165, 1.54) is 0 Å². The molecular weight excluding hydrogens is 284 g/mol. The van der Waals surface area contributed by atoms with Gasteiger partial charge in [-0.15, -0.1) is 0 Å². The average Bonchev–Trinajstić information content (AvgIpc) is 2.58. The maximum Gasteiger partial charge on any atom is 0.237 e. The van der Waals surface area contributed by atoms with Gasteiger partial charge in [-0.3, -0.25) is 9.59 Å². The molecule has 1 atom stereocenters. The fraction of sp³-hybridized carbons (Fsp3) is 0.571. The Labute approximate surface area is 128 Å². The van der Waals surface area contributed by atoms with Gasteiger partial charge in [-0.25, -0.2) is 9.97 Å². The van der Waals surface area contributed by atoms with Gasteiger partial charge >= 0.3 is 0 Å². The van der Waals surface area contributed by atoms with E-state index in [2.05, 4.69) is 25.5 Å². The molecule has 0 aliphatic carbocycles. The summed E-state index contributed by atoms with van der Waals surface area (Å²) in [6.07, 6.45) is 3.65. The first-order valence-corrected chi connectivity index (χ1v) is 7.55. The van der Waals surface area contributed by atoms with Gasteiger partial charge in [-0.2, -0.15) is 0 Å². The predicted molar refractivity (Wildman–Crippen MR) is 80.2 cm³/mol. The van der Waals surface area contributed by atoms with Crippen molar-refractivity contribution in [3.05, 3.63) is 18.5 Å². The van der Waals surface area contributed by atoms with Crippen molar-refractivity contribution in [3.8, 4) is 0 Å². The molecule has 22 heavy (non-hydrogen) atoms. The molecule has 3 heterocycles. The first-order valence-electron chi connectivity index (χ1n) is 7.55. The number of anilines is 1. The number of rotatable bonds is 3. The summed E-state index contributed by atoms with van der Waals surface area (Å²) in [6, 6.07) is 1.38. The van der Waals surface area contributed by atoms with Crippen LogP contribution in [0, 0.1) is 0 Å². The van der Waals surface area contributed by atoms with E-state index in [9.17, 15) is 9.59 Å². The first-order chi connectivity index (χ1) is 10.7. The van der Waals surface area contributed by atoms with E-state index in [1.807, 2.05) is 4.90 Å². The van der Waals surface area contributed by atoms with E-state index < -0.39 is 6.04 Å². The van der Waals surface area contributed by atoms with Gasteiger partial charge in [-0.1, -0.05) is 0 Å². The summed E-state index contributed by atoms with van der Waals surface area (Å²) in [5.74, 6) is 0.627. The average molecular weight is 304 g/mol. The van der Waals surface area contributed by atoms with Gasteiger partial charge in [0, 0.05) is 51.7 Å². The molecule has 1 aromatic rings. The number of piperazine rings is 2. The van der Waals surface area contributed by atoms with E-state index in [1.54, 1.807) is 18.5 Å². The Bertz CT molecular complexity index is 529. The van der Waals surface area contributed by atoms with Crippen molar-refractivity contribution < 1.29 is 9.59 Å². The smallest absolute Gasteiger partial charge is 0.237 e. The summed E-state index contributed by atoms with van der Waals surface area (Å²) in [5, 5.41) is 5.86. The molecular formula is C14H20N6O2. The van der Waals surface area contributed by atoms with Crippen LogP contribution in [0.5, 0.6) is 0 Å². The molecule has 8 heteroatoms. The molecule has 1 unspecified atom stereocenters. The summed E-state index contributed by atoms with van der Waals surface area (Å²) >= 11 is 0. The highest BCUT2D eigenvalue weighted by atomic mass is 16.2. The van der Waals surface area contributed by atoms with Gasteiger partial charge in [0.1, 0.15) is 0 Å². The van der Waals surface area contributed by atoms with Crippen LogP contribution in [-0.4, -0.2) is 72.0 Å². The minimum Gasteiger partial charge on any atom is -0.353 e. The lowest BCUT2D eigenvalue weighted by Gasteiger charge is -2.35. The summed E-state index contributed by atoms with van der Waals surface area (Å²) in [7, 11) is 0. The lowest BCUT2D eigenvalue weighted by Crippen LogP contribution is -2.56. The number of hydrogen-bond donors (Lipinski definition) is 2. The Morgan fingerprint density at radius 1 is 1.18 bits per heavy atom. The summed E-state index contributed by atoms with van der Waals surface area (Å²) in [5.41, 5.74) is 0. The predicted octanol–water partition coefficient (Wildman–Crippen LogP) is -1.40. The number of nitrogens with zero attached hydrogens (tertiary/aromatic N) is 4. The zero-order chi connectivity index (χ0) is 15.4. The summed E-state index contributed by atoms with van der Waals surface area (Å²) < 4.78 is 0. The monoisotopic (exact) mass is 304 g/mol. The van der Waals surface area contributed by atoms with E-state index in [0.29, 0.717) is 45.2 Å². The van der Waals surface area contributed by atoms with E-state index in [0.717, 1.165) is 0 Å². The molecule has 2 fully saturated rings. The van der Waals surface area contributed by atoms with Crippen molar-refractivity contribution in [1.29, 1.82) is 0 Å². The molecule has 0 aromatic carbocycles. The van der Waals surface area contributed by atoms with Crippen LogP contribution < -0.4 is 15.5 Å². The highest BCUT2D eigenvalue weighted by Gasteiger charge is 2.28. The lowest BCUT2D eigenvalue weighted by molar-refractivity contribution is -0.135. The first kappa shape index (κ1) is 14.7. The van der Waals surface area contributed by atoms with Crippen LogP contribution in [0.3, 0.4) is 0 Å². The zero-order valence-electron chi connectivity index (χ0n) is 12.4. The topological polar surface area (TPSA) is 90.5 Å². The number of carbonyl (C=O) groups excluding carboxylic acids is 2. The van der Waals surface area contributed by atoms with Crippen molar-refractivity contribution in [2.75, 3.05) is 44.2 Å². The molecule has 0 spiro atoms. The SMILES string of the molecule is O=C1NCCNC1CC(=O)N1CCN(c2ncccn2)CC1. The molecule has 3 rings (SSSR count). The van der Waals surface area contributed by atoms with Crippen molar-refractivity contribution >= 4 is 17.8 Å². The largest absolute Gasteiger partial charge is 0.353 e. The van der Waals surface area contributed by atoms with Gasteiger partial charge in [0.2, 0.25) is 17.8 Å². The molecule has 2 N–H and O–H groups in total. The van der Waals surface area contributed by atoms with Gasteiger partial charge in [-0.05, 0) is 6.07 Å². The van der Waals surface area contributed by atoms with Crippen LogP contribution in [0.25, 0.3) is 0 Å². The fourth-order valence-electron chi connectivity index (χ4n) is 2.73. The Kier molecular flexibility index (Phi) is 4.47. The van der Waals surface area contributed by atoms with Crippen LogP contribution >= 0.6 is 0 Å². The van der Waals surface area contributed by atoms with E-state index in [4.69, 9.17) is 0 Å². The Morgan fingerprint density at radius 2 is 1.91 bits per heavy atom. The number of nitrogens with one attached hydrogen (secondary N) is 2. The fourth-order valence-corrected chi connectivity index (χ4v) is 2.73. The molecule has 0 bridgehead atoms. The molecule has 8 nitrogen and oxygen atoms in total. The van der Waals surface area contributed by atoms with Gasteiger partial charge in [0.15, 0.2) is 0 Å². The molecule has 0 saturated carbocycles. The molecule has 118 valence electrons. The minimum absolute atomic E-state index is 0.0168. The number of amides is 2. The van der Waals surface area contributed by atoms with Crippen molar-refractivity contribution in [1.82, 2.24) is 25.5 Å². The van der Waals surface area contributed by atoms with Crippen molar-refractivity contribution in [2.24, 2.45) is 0 Å². The van der Waals surface area contributed by atoms with Crippen molar-refractivity contribution in [3.63, 3.8) is 0 Å². The number of carbonyl (C=O) groups is 2. The molecule has 1 aromatic heterocycles. The second-order valence-electron chi connectivity index (χ2n) is 5.42. The van der Waals surface area contributed by atoms with Gasteiger partial charge in [0.05, 0.1) is 12.5 Å². The normalized spacial score (nSPS) is 22.4. The van der Waals surface area contributed by atoms with Crippen molar-refractivity contribution in [2.45, 2.75) is 12.5 Å². The lowest BCUT2D eigenvalue weighted by atomic mass is 10.1. The second kappa shape index (κ2) is 6.69. The Balaban J connectivity index is 1.50. The highest BCUT2D eigenvalue weighted by Crippen LogP contribution is 2.11. The number of aromatic nitrogens is 2. The maximum atomic E-state index is 12.3. The van der Waals surface area contributed by atoms with Gasteiger partial charge < -0.3 is 20.4 Å². The van der Waals surface area contributed by atoms with Crippen LogP contribution in [-0.2, 0) is 9.59 Å². The van der Waals surface area contributed by atoms with Crippen LogP contribution in [0.15, 0.2) is 18.5 Å². The highest BCUT2D eigenvalue weighted by molar-refractivity contribution is 5.88. The number of hydrogen-bond acceptors (Lipinski definition) is 6. The second-order valence-corrected chi connectivity index (χ2v) is 5.42. The third kappa shape index (κ3) is 3.33. The zero-order valence-corrected chi connectivity index (χ0v) is 12.4. The quantitative estimate of drug-likeness (QED) is 0.714. The molecule has 0 radical (unpaired) electrons. The third-order valence-corrected chi connectivity index (χ3v) is 3.98. The maximum absolute atomic E-state index is 12.3. The molecule has 2 aliphatic rings. The van der Waals surface area contributed by atoms with Crippen LogP contribution in [0.4, 0.5) is 5.95 Å². The minimum atomic E-state index is -0.406. The van der Waals surface area contributed by atoms with Crippen LogP contribution in [0.2, 0.25) is 0 Å². The Morgan fingerprint density at radius 3 is 2.59 bits per heavy atom. The molecule has 2 saturated heterocycles. The third-order valence-electron chi connectivity index (χ3n) is 3.98. The standard InChI is InChI=1S/C14H20N6O2/c21-12(10-11-13(22)16-5-4-15-11)19-6-8-20(9-7-19)14-17-2-1-3-18-14/h1-3,11,15H,4-10H2,(H,16,22). The van der Waals surface area contributed by atoms with Gasteiger partial charge in [0.25, 0.3) is 0 Å². The molecule has 2 aliphatic heterocycles. The van der Waals surface area contributed by atoms with Crippen LogP contribution in [0.1, 0.15) is 6.42 Å². The molecule has 2 amide bonds. The van der Waals surface area contributed by atoms with E-state index >= 15 is 0 Å². The summed E-state index contributed by atoms with van der Waals surface area (Å²) in [4.78, 5) is 36.3. The van der Waals surface area contributed by atoms with E-state index in [-0.39, 0.29) is 18.2 Å². The summed E-state index contributed by atoms with van der Waals surface area (Å²) in [6.45, 7) is 4.01. The Hall–Kier alpha value is -2.22.